The van der Waals surface area contributed by atoms with Crippen molar-refractivity contribution in [2.24, 2.45) is 0 Å². The van der Waals surface area contributed by atoms with Crippen LogP contribution in [0.3, 0.4) is 0 Å². The maximum atomic E-state index is 11.8. The van der Waals surface area contributed by atoms with Crippen LogP contribution in [0.2, 0.25) is 5.02 Å². The number of carbonyl (C=O) groups is 1. The van der Waals surface area contributed by atoms with Crippen LogP contribution in [0, 0.1) is 0 Å². The molecule has 1 atom stereocenters. The van der Waals surface area contributed by atoms with Gasteiger partial charge in [-0.05, 0) is 25.0 Å². The highest BCUT2D eigenvalue weighted by Crippen LogP contribution is 2.20. The number of benzene rings is 1. The first-order valence-corrected chi connectivity index (χ1v) is 8.05. The first kappa shape index (κ1) is 16.0. The highest BCUT2D eigenvalue weighted by molar-refractivity contribution is 6.30. The van der Waals surface area contributed by atoms with E-state index in [0.717, 1.165) is 25.0 Å². The van der Waals surface area contributed by atoms with Gasteiger partial charge in [-0.15, -0.1) is 0 Å². The number of nitrogens with zero attached hydrogens (tertiary/aromatic N) is 2. The molecule has 7 heteroatoms. The molecular formula is C16H18ClN3O3. The standard InChI is InChI=1S/C16H18ClN3O3/c17-12-4-1-3-11(9-12)16-19-15(23-20-16)7-6-14(21)18-10-13-5-2-8-22-13/h1,3-4,9,13H,2,5-8,10H2,(H,18,21). The van der Waals surface area contributed by atoms with Crippen molar-refractivity contribution in [1.82, 2.24) is 15.5 Å². The van der Waals surface area contributed by atoms with E-state index in [0.29, 0.717) is 36.1 Å². The minimum absolute atomic E-state index is 0.0389. The molecule has 1 saturated heterocycles. The Labute approximate surface area is 139 Å². The van der Waals surface area contributed by atoms with Gasteiger partial charge in [0.1, 0.15) is 0 Å². The summed E-state index contributed by atoms with van der Waals surface area (Å²) in [7, 11) is 0. The molecule has 1 fully saturated rings. The maximum Gasteiger partial charge on any atom is 0.227 e. The number of halogens is 1. The van der Waals surface area contributed by atoms with E-state index in [1.165, 1.54) is 0 Å². The van der Waals surface area contributed by atoms with Crippen molar-refractivity contribution < 1.29 is 14.1 Å². The van der Waals surface area contributed by atoms with E-state index in [1.54, 1.807) is 12.1 Å². The van der Waals surface area contributed by atoms with Crippen LogP contribution >= 0.6 is 11.6 Å². The Morgan fingerprint density at radius 3 is 3.13 bits per heavy atom. The zero-order valence-corrected chi connectivity index (χ0v) is 13.4. The van der Waals surface area contributed by atoms with Gasteiger partial charge < -0.3 is 14.6 Å². The summed E-state index contributed by atoms with van der Waals surface area (Å²) in [5.74, 6) is 0.873. The third kappa shape index (κ3) is 4.53. The average Bonchev–Trinajstić information content (AvgIpc) is 3.22. The fraction of sp³-hybridized carbons (Fsp3) is 0.438. The predicted molar refractivity (Wildman–Crippen MR) is 85.0 cm³/mol. The van der Waals surface area contributed by atoms with Crippen molar-refractivity contribution in [3.8, 4) is 11.4 Å². The van der Waals surface area contributed by atoms with Gasteiger partial charge in [-0.2, -0.15) is 4.98 Å². The van der Waals surface area contributed by atoms with Crippen LogP contribution in [0.5, 0.6) is 0 Å². The Morgan fingerprint density at radius 1 is 1.43 bits per heavy atom. The molecule has 0 spiro atoms. The van der Waals surface area contributed by atoms with Crippen molar-refractivity contribution in [3.05, 3.63) is 35.2 Å². The van der Waals surface area contributed by atoms with Crippen molar-refractivity contribution >= 4 is 17.5 Å². The van der Waals surface area contributed by atoms with E-state index in [-0.39, 0.29) is 12.0 Å². The number of nitrogens with one attached hydrogen (secondary N) is 1. The van der Waals surface area contributed by atoms with Gasteiger partial charge in [-0.3, -0.25) is 4.79 Å². The first-order valence-electron chi connectivity index (χ1n) is 7.67. The average molecular weight is 336 g/mol. The number of hydrogen-bond donors (Lipinski definition) is 1. The number of rotatable bonds is 6. The lowest BCUT2D eigenvalue weighted by molar-refractivity contribution is -0.121. The van der Waals surface area contributed by atoms with Gasteiger partial charge in [-0.1, -0.05) is 28.9 Å². The highest BCUT2D eigenvalue weighted by atomic mass is 35.5. The van der Waals surface area contributed by atoms with Crippen LogP contribution in [0.1, 0.15) is 25.2 Å². The van der Waals surface area contributed by atoms with Crippen molar-refractivity contribution in [2.45, 2.75) is 31.8 Å². The second kappa shape index (κ2) is 7.57. The van der Waals surface area contributed by atoms with Crippen LogP contribution in [0.25, 0.3) is 11.4 Å². The summed E-state index contributed by atoms with van der Waals surface area (Å²) in [5, 5.41) is 7.40. The largest absolute Gasteiger partial charge is 0.376 e. The van der Waals surface area contributed by atoms with E-state index in [4.69, 9.17) is 20.9 Å². The second-order valence-electron chi connectivity index (χ2n) is 5.46. The summed E-state index contributed by atoms with van der Waals surface area (Å²) in [5.41, 5.74) is 0.787. The number of carbonyl (C=O) groups excluding carboxylic acids is 1. The SMILES string of the molecule is O=C(CCc1nc(-c2cccc(Cl)c2)no1)NCC1CCCO1. The molecule has 2 heterocycles. The molecule has 122 valence electrons. The predicted octanol–water partition coefficient (Wildman–Crippen LogP) is 2.62. The molecule has 1 aliphatic heterocycles. The van der Waals surface area contributed by atoms with Crippen LogP contribution in [-0.2, 0) is 16.0 Å². The number of hydrogen-bond acceptors (Lipinski definition) is 5. The molecule has 2 aromatic rings. The van der Waals surface area contributed by atoms with E-state index < -0.39 is 0 Å². The molecule has 0 bridgehead atoms. The molecule has 6 nitrogen and oxygen atoms in total. The Hall–Kier alpha value is -1.92. The fourth-order valence-electron chi connectivity index (χ4n) is 2.44. The Balaban J connectivity index is 1.48. The van der Waals surface area contributed by atoms with Crippen LogP contribution < -0.4 is 5.32 Å². The van der Waals surface area contributed by atoms with Gasteiger partial charge in [0.2, 0.25) is 17.6 Å². The molecule has 1 amide bonds. The summed E-state index contributed by atoms with van der Waals surface area (Å²) in [6.45, 7) is 1.35. The Morgan fingerprint density at radius 2 is 2.35 bits per heavy atom. The molecule has 0 radical (unpaired) electrons. The second-order valence-corrected chi connectivity index (χ2v) is 5.90. The topological polar surface area (TPSA) is 77.2 Å². The number of aryl methyl sites for hydroxylation is 1. The molecule has 1 aromatic heterocycles. The molecule has 1 aliphatic rings. The number of aromatic nitrogens is 2. The van der Waals surface area contributed by atoms with Gasteiger partial charge in [0.05, 0.1) is 6.10 Å². The zero-order valence-electron chi connectivity index (χ0n) is 12.6. The summed E-state index contributed by atoms with van der Waals surface area (Å²) >= 11 is 5.94. The minimum Gasteiger partial charge on any atom is -0.376 e. The molecule has 0 saturated carbocycles. The summed E-state index contributed by atoms with van der Waals surface area (Å²) in [6, 6.07) is 7.23. The summed E-state index contributed by atoms with van der Waals surface area (Å²) < 4.78 is 10.6. The normalized spacial score (nSPS) is 17.3. The third-order valence-electron chi connectivity index (χ3n) is 3.67. The monoisotopic (exact) mass is 335 g/mol. The van der Waals surface area contributed by atoms with Gasteiger partial charge in [-0.25, -0.2) is 0 Å². The Kier molecular flexibility index (Phi) is 5.25. The van der Waals surface area contributed by atoms with Gasteiger partial charge in [0.15, 0.2) is 0 Å². The van der Waals surface area contributed by atoms with Crippen molar-refractivity contribution in [2.75, 3.05) is 13.2 Å². The van der Waals surface area contributed by atoms with Crippen molar-refractivity contribution in [3.63, 3.8) is 0 Å². The lowest BCUT2D eigenvalue weighted by Gasteiger charge is -2.09. The van der Waals surface area contributed by atoms with E-state index in [2.05, 4.69) is 15.5 Å². The minimum atomic E-state index is -0.0389. The number of amides is 1. The van der Waals surface area contributed by atoms with Crippen LogP contribution in [-0.4, -0.2) is 35.3 Å². The van der Waals surface area contributed by atoms with E-state index >= 15 is 0 Å². The van der Waals surface area contributed by atoms with Gasteiger partial charge in [0.25, 0.3) is 0 Å². The van der Waals surface area contributed by atoms with Crippen LogP contribution in [0.15, 0.2) is 28.8 Å². The van der Waals surface area contributed by atoms with Crippen LogP contribution in [0.4, 0.5) is 0 Å². The third-order valence-corrected chi connectivity index (χ3v) is 3.90. The maximum absolute atomic E-state index is 11.8. The molecule has 1 aromatic carbocycles. The van der Waals surface area contributed by atoms with E-state index in [1.807, 2.05) is 12.1 Å². The quantitative estimate of drug-likeness (QED) is 0.878. The van der Waals surface area contributed by atoms with E-state index in [9.17, 15) is 4.79 Å². The first-order chi connectivity index (χ1) is 11.2. The summed E-state index contributed by atoms with van der Waals surface area (Å²) in [6.07, 6.45) is 2.94. The zero-order chi connectivity index (χ0) is 16.1. The lowest BCUT2D eigenvalue weighted by Crippen LogP contribution is -2.31. The molecule has 1 unspecified atom stereocenters. The fourth-order valence-corrected chi connectivity index (χ4v) is 2.63. The number of ether oxygens (including phenoxy) is 1. The molecule has 3 rings (SSSR count). The highest BCUT2D eigenvalue weighted by Gasteiger charge is 2.16. The van der Waals surface area contributed by atoms with Gasteiger partial charge in [0, 0.05) is 36.6 Å². The Bertz CT molecular complexity index is 668. The lowest BCUT2D eigenvalue weighted by atomic mass is 10.2. The molecule has 1 N–H and O–H groups in total. The van der Waals surface area contributed by atoms with Crippen molar-refractivity contribution in [1.29, 1.82) is 0 Å². The van der Waals surface area contributed by atoms with Gasteiger partial charge >= 0.3 is 0 Å². The molecule has 23 heavy (non-hydrogen) atoms. The molecular weight excluding hydrogens is 318 g/mol. The molecule has 0 aliphatic carbocycles. The smallest absolute Gasteiger partial charge is 0.227 e. The summed E-state index contributed by atoms with van der Waals surface area (Å²) in [4.78, 5) is 16.1.